The van der Waals surface area contributed by atoms with E-state index < -0.39 is 0 Å². The van der Waals surface area contributed by atoms with Gasteiger partial charge in [0.25, 0.3) is 0 Å². The minimum Gasteiger partial charge on any atom is -0.339 e. The molecule has 2 aliphatic heterocycles. The summed E-state index contributed by atoms with van der Waals surface area (Å²) in [7, 11) is 0. The van der Waals surface area contributed by atoms with Crippen LogP contribution >= 0.6 is 11.6 Å². The van der Waals surface area contributed by atoms with Crippen LogP contribution in [0.5, 0.6) is 0 Å². The number of benzene rings is 2. The van der Waals surface area contributed by atoms with E-state index in [0.717, 1.165) is 56.8 Å². The van der Waals surface area contributed by atoms with E-state index in [4.69, 9.17) is 11.6 Å². The van der Waals surface area contributed by atoms with Crippen molar-refractivity contribution in [1.29, 1.82) is 0 Å². The van der Waals surface area contributed by atoms with Gasteiger partial charge in [-0.15, -0.1) is 0 Å². The van der Waals surface area contributed by atoms with Gasteiger partial charge in [0.2, 0.25) is 5.91 Å². The number of carbonyl (C=O) groups excluding carboxylic acids is 1. The van der Waals surface area contributed by atoms with E-state index in [1.807, 2.05) is 12.1 Å². The van der Waals surface area contributed by atoms with E-state index >= 15 is 0 Å². The molecule has 31 heavy (non-hydrogen) atoms. The lowest BCUT2D eigenvalue weighted by Gasteiger charge is -2.39. The molecular weight excluding hydrogens is 406 g/mol. The van der Waals surface area contributed by atoms with Gasteiger partial charge < -0.3 is 4.90 Å². The third kappa shape index (κ3) is 4.82. The second-order valence-electron chi connectivity index (χ2n) is 9.31. The summed E-state index contributed by atoms with van der Waals surface area (Å²) in [5, 5.41) is 0.766. The van der Waals surface area contributed by atoms with E-state index in [1.54, 1.807) is 0 Å². The maximum atomic E-state index is 12.9. The van der Waals surface area contributed by atoms with Crippen molar-refractivity contribution in [1.82, 2.24) is 14.7 Å². The molecule has 164 valence electrons. The van der Waals surface area contributed by atoms with E-state index in [1.165, 1.54) is 47.9 Å². The fourth-order valence-corrected chi connectivity index (χ4v) is 5.59. The number of rotatable bonds is 4. The van der Waals surface area contributed by atoms with Gasteiger partial charge in [0.15, 0.2) is 0 Å². The predicted molar refractivity (Wildman–Crippen MR) is 126 cm³/mol. The topological polar surface area (TPSA) is 26.8 Å². The number of hydrogen-bond acceptors (Lipinski definition) is 3. The number of hydrogen-bond donors (Lipinski definition) is 0. The zero-order chi connectivity index (χ0) is 21.2. The lowest BCUT2D eigenvalue weighted by Crippen LogP contribution is -2.53. The molecule has 1 aliphatic carbocycles. The van der Waals surface area contributed by atoms with Crippen LogP contribution < -0.4 is 0 Å². The Morgan fingerprint density at radius 3 is 2.32 bits per heavy atom. The summed E-state index contributed by atoms with van der Waals surface area (Å²) in [5.41, 5.74) is 5.19. The summed E-state index contributed by atoms with van der Waals surface area (Å²) in [4.78, 5) is 19.9. The highest BCUT2D eigenvalue weighted by Gasteiger charge is 2.29. The Morgan fingerprint density at radius 2 is 1.58 bits per heavy atom. The molecule has 1 saturated carbocycles. The molecular formula is C26H32ClN3O. The van der Waals surface area contributed by atoms with Gasteiger partial charge in [-0.2, -0.15) is 0 Å². The Labute approximate surface area is 190 Å². The van der Waals surface area contributed by atoms with E-state index in [2.05, 4.69) is 45.0 Å². The number of halogens is 1. The first-order chi connectivity index (χ1) is 15.2. The SMILES string of the molecule is O=C(CN1CCc2cc(-c3ccc(Cl)cc3)ccc2C1)N1CCN(C2CCCC2)CC1. The van der Waals surface area contributed by atoms with Crippen LogP contribution in [-0.4, -0.2) is 65.9 Å². The van der Waals surface area contributed by atoms with E-state index in [9.17, 15) is 4.79 Å². The van der Waals surface area contributed by atoms with Gasteiger partial charge in [-0.05, 0) is 53.6 Å². The lowest BCUT2D eigenvalue weighted by molar-refractivity contribution is -0.134. The van der Waals surface area contributed by atoms with Crippen molar-refractivity contribution in [3.8, 4) is 11.1 Å². The van der Waals surface area contributed by atoms with E-state index in [0.29, 0.717) is 12.5 Å². The third-order valence-corrected chi connectivity index (χ3v) is 7.59. The fourth-order valence-electron chi connectivity index (χ4n) is 5.47. The van der Waals surface area contributed by atoms with Crippen molar-refractivity contribution < 1.29 is 4.79 Å². The summed E-state index contributed by atoms with van der Waals surface area (Å²) in [6.07, 6.45) is 6.45. The molecule has 0 N–H and O–H groups in total. The van der Waals surface area contributed by atoms with Gasteiger partial charge in [-0.3, -0.25) is 14.6 Å². The second kappa shape index (κ2) is 9.32. The Bertz CT molecular complexity index is 915. The molecule has 0 aromatic heterocycles. The van der Waals surface area contributed by atoms with Crippen LogP contribution in [0.4, 0.5) is 0 Å². The van der Waals surface area contributed by atoms with Gasteiger partial charge in [-0.1, -0.05) is 54.8 Å². The van der Waals surface area contributed by atoms with Crippen molar-refractivity contribution >= 4 is 17.5 Å². The van der Waals surface area contributed by atoms with Crippen LogP contribution in [0.3, 0.4) is 0 Å². The number of carbonyl (C=O) groups is 1. The molecule has 2 fully saturated rings. The maximum absolute atomic E-state index is 12.9. The molecule has 2 aromatic rings. The highest BCUT2D eigenvalue weighted by atomic mass is 35.5. The number of fused-ring (bicyclic) bond motifs is 1. The highest BCUT2D eigenvalue weighted by Crippen LogP contribution is 2.28. The van der Waals surface area contributed by atoms with Crippen LogP contribution in [0.15, 0.2) is 42.5 Å². The largest absolute Gasteiger partial charge is 0.339 e. The zero-order valence-electron chi connectivity index (χ0n) is 18.2. The van der Waals surface area contributed by atoms with Gasteiger partial charge in [0.1, 0.15) is 0 Å². The van der Waals surface area contributed by atoms with Crippen molar-refractivity contribution in [2.45, 2.75) is 44.7 Å². The van der Waals surface area contributed by atoms with Crippen LogP contribution in [0.1, 0.15) is 36.8 Å². The lowest BCUT2D eigenvalue weighted by atomic mass is 9.94. The summed E-state index contributed by atoms with van der Waals surface area (Å²) in [6, 6.07) is 15.5. The molecule has 0 spiro atoms. The number of amides is 1. The first kappa shape index (κ1) is 21.0. The smallest absolute Gasteiger partial charge is 0.236 e. The number of piperazine rings is 1. The van der Waals surface area contributed by atoms with Gasteiger partial charge in [0.05, 0.1) is 6.54 Å². The molecule has 1 saturated heterocycles. The van der Waals surface area contributed by atoms with Crippen LogP contribution in [0, 0.1) is 0 Å². The van der Waals surface area contributed by atoms with Crippen LogP contribution in [0.2, 0.25) is 5.02 Å². The Balaban J connectivity index is 1.15. The standard InChI is InChI=1S/C26H32ClN3O/c27-24-9-7-20(8-10-24)21-5-6-23-18-28(12-11-22(23)17-21)19-26(31)30-15-13-29(14-16-30)25-3-1-2-4-25/h5-10,17,25H,1-4,11-16,18-19H2. The normalized spacial score (nSPS) is 20.7. The molecule has 0 bridgehead atoms. The van der Waals surface area contributed by atoms with Crippen molar-refractivity contribution in [2.75, 3.05) is 39.3 Å². The Kier molecular flexibility index (Phi) is 6.31. The summed E-state index contributed by atoms with van der Waals surface area (Å²) in [5.74, 6) is 0.298. The molecule has 2 aromatic carbocycles. The summed E-state index contributed by atoms with van der Waals surface area (Å²) < 4.78 is 0. The molecule has 4 nitrogen and oxygen atoms in total. The summed E-state index contributed by atoms with van der Waals surface area (Å²) in [6.45, 7) is 6.24. The molecule has 1 amide bonds. The predicted octanol–water partition coefficient (Wildman–Crippen LogP) is 4.45. The molecule has 0 atom stereocenters. The van der Waals surface area contributed by atoms with Gasteiger partial charge in [-0.25, -0.2) is 0 Å². The highest BCUT2D eigenvalue weighted by molar-refractivity contribution is 6.30. The minimum atomic E-state index is 0.298. The molecule has 2 heterocycles. The Hall–Kier alpha value is -1.88. The maximum Gasteiger partial charge on any atom is 0.236 e. The van der Waals surface area contributed by atoms with Crippen molar-refractivity contribution in [3.63, 3.8) is 0 Å². The van der Waals surface area contributed by atoms with Crippen molar-refractivity contribution in [3.05, 3.63) is 58.6 Å². The average Bonchev–Trinajstić information content (AvgIpc) is 3.34. The molecule has 0 unspecified atom stereocenters. The average molecular weight is 438 g/mol. The zero-order valence-corrected chi connectivity index (χ0v) is 19.0. The minimum absolute atomic E-state index is 0.298. The van der Waals surface area contributed by atoms with E-state index in [-0.39, 0.29) is 0 Å². The van der Waals surface area contributed by atoms with Gasteiger partial charge >= 0.3 is 0 Å². The number of nitrogens with zero attached hydrogens (tertiary/aromatic N) is 3. The first-order valence-corrected chi connectivity index (χ1v) is 12.2. The molecule has 5 heteroatoms. The quantitative estimate of drug-likeness (QED) is 0.706. The second-order valence-corrected chi connectivity index (χ2v) is 9.74. The third-order valence-electron chi connectivity index (χ3n) is 7.34. The molecule has 0 radical (unpaired) electrons. The van der Waals surface area contributed by atoms with Gasteiger partial charge in [0, 0.05) is 50.3 Å². The summed E-state index contributed by atoms with van der Waals surface area (Å²) >= 11 is 6.03. The van der Waals surface area contributed by atoms with Crippen LogP contribution in [0.25, 0.3) is 11.1 Å². The Morgan fingerprint density at radius 1 is 0.871 bits per heavy atom. The van der Waals surface area contributed by atoms with Crippen molar-refractivity contribution in [2.24, 2.45) is 0 Å². The first-order valence-electron chi connectivity index (χ1n) is 11.8. The fraction of sp³-hybridized carbons (Fsp3) is 0.500. The molecule has 5 rings (SSSR count). The molecule has 3 aliphatic rings. The van der Waals surface area contributed by atoms with Crippen LogP contribution in [-0.2, 0) is 17.8 Å². The monoisotopic (exact) mass is 437 g/mol.